The van der Waals surface area contributed by atoms with Gasteiger partial charge in [0, 0.05) is 19.6 Å². The summed E-state index contributed by atoms with van der Waals surface area (Å²) < 4.78 is 0. The van der Waals surface area contributed by atoms with Gasteiger partial charge in [0.1, 0.15) is 0 Å². The maximum Gasteiger partial charge on any atom is 0.191 e. The van der Waals surface area contributed by atoms with E-state index >= 15 is 0 Å². The number of nitrogens with two attached hydrogens (primary N) is 1. The summed E-state index contributed by atoms with van der Waals surface area (Å²) in [5.74, 6) is 1.04. The first-order chi connectivity index (χ1) is 7.01. The first kappa shape index (κ1) is 13.8. The van der Waals surface area contributed by atoms with E-state index in [0.29, 0.717) is 18.4 Å². The van der Waals surface area contributed by atoms with Crippen molar-refractivity contribution in [1.29, 1.82) is 5.26 Å². The molecule has 0 bridgehead atoms. The smallest absolute Gasteiger partial charge is 0.191 e. The molecule has 0 aliphatic carbocycles. The van der Waals surface area contributed by atoms with Crippen LogP contribution in [0.2, 0.25) is 0 Å². The molecule has 0 fully saturated rings. The Hall–Kier alpha value is -1.24. The number of nitriles is 1. The Kier molecular flexibility index (Phi) is 6.52. The van der Waals surface area contributed by atoms with Crippen molar-refractivity contribution in [1.82, 2.24) is 4.90 Å². The van der Waals surface area contributed by atoms with E-state index in [1.54, 1.807) is 0 Å². The van der Waals surface area contributed by atoms with Crippen molar-refractivity contribution in [3.63, 3.8) is 0 Å². The Morgan fingerprint density at radius 2 is 2.07 bits per heavy atom. The first-order valence-electron chi connectivity index (χ1n) is 5.45. The van der Waals surface area contributed by atoms with E-state index in [-0.39, 0.29) is 5.92 Å². The Balaban J connectivity index is 4.28. The molecule has 0 rings (SSSR count). The summed E-state index contributed by atoms with van der Waals surface area (Å²) in [4.78, 5) is 6.23. The van der Waals surface area contributed by atoms with E-state index in [1.165, 1.54) is 0 Å². The minimum Gasteiger partial charge on any atom is -0.370 e. The highest BCUT2D eigenvalue weighted by Crippen LogP contribution is 1.99. The minimum atomic E-state index is -0.0160. The van der Waals surface area contributed by atoms with Gasteiger partial charge in [-0.15, -0.1) is 0 Å². The van der Waals surface area contributed by atoms with E-state index in [9.17, 15) is 0 Å². The van der Waals surface area contributed by atoms with Crippen molar-refractivity contribution in [3.05, 3.63) is 0 Å². The molecule has 0 heterocycles. The van der Waals surface area contributed by atoms with E-state index < -0.39 is 0 Å². The zero-order chi connectivity index (χ0) is 11.8. The number of aliphatic imine (C=N–C) groups is 1. The van der Waals surface area contributed by atoms with Crippen LogP contribution in [0.3, 0.4) is 0 Å². The summed E-state index contributed by atoms with van der Waals surface area (Å²) >= 11 is 0. The van der Waals surface area contributed by atoms with Crippen molar-refractivity contribution in [2.24, 2.45) is 22.6 Å². The third-order valence-corrected chi connectivity index (χ3v) is 2.04. The molecule has 0 aromatic carbocycles. The van der Waals surface area contributed by atoms with Gasteiger partial charge in [-0.25, -0.2) is 0 Å². The summed E-state index contributed by atoms with van der Waals surface area (Å²) in [5, 5.41) is 8.72. The molecular formula is C11H22N4. The van der Waals surface area contributed by atoms with Crippen molar-refractivity contribution < 1.29 is 0 Å². The molecule has 0 aromatic rings. The van der Waals surface area contributed by atoms with Crippen LogP contribution in [0.1, 0.15) is 27.7 Å². The summed E-state index contributed by atoms with van der Waals surface area (Å²) in [6.45, 7) is 10.3. The van der Waals surface area contributed by atoms with Gasteiger partial charge in [0.2, 0.25) is 0 Å². The SMILES string of the molecule is CCN(CC(C)C#N)C(N)=NCC(C)C. The zero-order valence-electron chi connectivity index (χ0n) is 10.2. The molecule has 0 aliphatic rings. The average Bonchev–Trinajstić information content (AvgIpc) is 2.21. The molecular weight excluding hydrogens is 188 g/mol. The minimum absolute atomic E-state index is 0.0160. The largest absolute Gasteiger partial charge is 0.370 e. The molecule has 1 unspecified atom stereocenters. The quantitative estimate of drug-likeness (QED) is 0.551. The molecule has 0 aliphatic heterocycles. The summed E-state index contributed by atoms with van der Waals surface area (Å²) in [6, 6.07) is 2.20. The number of hydrogen-bond donors (Lipinski definition) is 1. The molecule has 0 saturated carbocycles. The van der Waals surface area contributed by atoms with Crippen LogP contribution in [-0.4, -0.2) is 30.5 Å². The van der Waals surface area contributed by atoms with E-state index in [0.717, 1.165) is 13.1 Å². The second-order valence-corrected chi connectivity index (χ2v) is 4.16. The third-order valence-electron chi connectivity index (χ3n) is 2.04. The lowest BCUT2D eigenvalue weighted by atomic mass is 10.2. The second-order valence-electron chi connectivity index (χ2n) is 4.16. The van der Waals surface area contributed by atoms with Gasteiger partial charge in [-0.2, -0.15) is 5.26 Å². The Morgan fingerprint density at radius 1 is 1.47 bits per heavy atom. The highest BCUT2D eigenvalue weighted by molar-refractivity contribution is 5.78. The fourth-order valence-corrected chi connectivity index (χ4v) is 1.13. The summed E-state index contributed by atoms with van der Waals surface area (Å²) in [5.41, 5.74) is 5.85. The maximum absolute atomic E-state index is 8.72. The van der Waals surface area contributed by atoms with Gasteiger partial charge in [0.05, 0.1) is 12.0 Å². The van der Waals surface area contributed by atoms with Crippen LogP contribution in [-0.2, 0) is 0 Å². The highest BCUT2D eigenvalue weighted by Gasteiger charge is 2.09. The lowest BCUT2D eigenvalue weighted by molar-refractivity contribution is 0.397. The average molecular weight is 210 g/mol. The molecule has 1 atom stereocenters. The summed E-state index contributed by atoms with van der Waals surface area (Å²) in [6.07, 6.45) is 0. The van der Waals surface area contributed by atoms with E-state index in [2.05, 4.69) is 24.9 Å². The number of hydrogen-bond acceptors (Lipinski definition) is 2. The van der Waals surface area contributed by atoms with Gasteiger partial charge in [-0.3, -0.25) is 4.99 Å². The van der Waals surface area contributed by atoms with Crippen LogP contribution in [0.25, 0.3) is 0 Å². The monoisotopic (exact) mass is 210 g/mol. The van der Waals surface area contributed by atoms with Gasteiger partial charge in [0.15, 0.2) is 5.96 Å². The second kappa shape index (κ2) is 7.10. The van der Waals surface area contributed by atoms with Gasteiger partial charge in [-0.1, -0.05) is 13.8 Å². The fraction of sp³-hybridized carbons (Fsp3) is 0.818. The van der Waals surface area contributed by atoms with Crippen molar-refractivity contribution in [2.75, 3.05) is 19.6 Å². The predicted molar refractivity (Wildman–Crippen MR) is 63.4 cm³/mol. The number of rotatable bonds is 5. The van der Waals surface area contributed by atoms with Gasteiger partial charge in [-0.05, 0) is 19.8 Å². The van der Waals surface area contributed by atoms with Crippen LogP contribution in [0.5, 0.6) is 0 Å². The van der Waals surface area contributed by atoms with Crippen LogP contribution in [0.4, 0.5) is 0 Å². The van der Waals surface area contributed by atoms with Crippen LogP contribution >= 0.6 is 0 Å². The summed E-state index contributed by atoms with van der Waals surface area (Å²) in [7, 11) is 0. The molecule has 4 nitrogen and oxygen atoms in total. The molecule has 0 radical (unpaired) electrons. The molecule has 0 amide bonds. The van der Waals surface area contributed by atoms with Crippen LogP contribution in [0.15, 0.2) is 4.99 Å². The topological polar surface area (TPSA) is 65.4 Å². The molecule has 15 heavy (non-hydrogen) atoms. The van der Waals surface area contributed by atoms with E-state index in [1.807, 2.05) is 18.7 Å². The zero-order valence-corrected chi connectivity index (χ0v) is 10.2. The molecule has 2 N–H and O–H groups in total. The third kappa shape index (κ3) is 5.95. The molecule has 0 saturated heterocycles. The molecule has 86 valence electrons. The fourth-order valence-electron chi connectivity index (χ4n) is 1.13. The normalized spacial score (nSPS) is 13.7. The van der Waals surface area contributed by atoms with Crippen LogP contribution in [0, 0.1) is 23.2 Å². The van der Waals surface area contributed by atoms with Crippen LogP contribution < -0.4 is 5.73 Å². The van der Waals surface area contributed by atoms with Crippen molar-refractivity contribution in [2.45, 2.75) is 27.7 Å². The van der Waals surface area contributed by atoms with E-state index in [4.69, 9.17) is 11.0 Å². The molecule has 4 heteroatoms. The number of nitrogens with zero attached hydrogens (tertiary/aromatic N) is 3. The van der Waals surface area contributed by atoms with Crippen molar-refractivity contribution >= 4 is 5.96 Å². The standard InChI is InChI=1S/C11H22N4/c1-5-15(8-10(4)6-12)11(13)14-7-9(2)3/h9-10H,5,7-8H2,1-4H3,(H2,13,14). The Labute approximate surface area is 92.8 Å². The van der Waals surface area contributed by atoms with Gasteiger partial charge in [0.25, 0.3) is 0 Å². The van der Waals surface area contributed by atoms with Crippen molar-refractivity contribution in [3.8, 4) is 6.07 Å². The predicted octanol–water partition coefficient (Wildman–Crippen LogP) is 1.44. The maximum atomic E-state index is 8.72. The lowest BCUT2D eigenvalue weighted by Gasteiger charge is -2.23. The first-order valence-corrected chi connectivity index (χ1v) is 5.45. The van der Waals surface area contributed by atoms with Gasteiger partial charge >= 0.3 is 0 Å². The Morgan fingerprint density at radius 3 is 2.47 bits per heavy atom. The number of guanidine groups is 1. The lowest BCUT2D eigenvalue weighted by Crippen LogP contribution is -2.40. The van der Waals surface area contributed by atoms with Gasteiger partial charge < -0.3 is 10.6 Å². The molecule has 0 aromatic heterocycles. The molecule has 0 spiro atoms. The highest BCUT2D eigenvalue weighted by atomic mass is 15.2. The Bertz CT molecular complexity index is 239.